The quantitative estimate of drug-likeness (QED) is 0.255. The Balaban J connectivity index is 1.52. The maximum absolute atomic E-state index is 12.8. The maximum Gasteiger partial charge on any atom is 0.379 e. The molecule has 1 aliphatic heterocycles. The lowest BCUT2D eigenvalue weighted by Crippen LogP contribution is -2.27. The van der Waals surface area contributed by atoms with Crippen molar-refractivity contribution in [2.24, 2.45) is 0 Å². The van der Waals surface area contributed by atoms with E-state index in [0.717, 1.165) is 16.7 Å². The number of esters is 1. The van der Waals surface area contributed by atoms with E-state index in [9.17, 15) is 14.4 Å². The fourth-order valence-corrected chi connectivity index (χ4v) is 4.20. The minimum atomic E-state index is -0.640. The molecule has 4 rings (SSSR count). The lowest BCUT2D eigenvalue weighted by atomic mass is 10.2. The smallest absolute Gasteiger partial charge is 0.379 e. The number of hydrogen-bond donors (Lipinski definition) is 0. The molecule has 31 heavy (non-hydrogen) atoms. The summed E-state index contributed by atoms with van der Waals surface area (Å²) in [5.41, 5.74) is 1.09. The highest BCUT2D eigenvalue weighted by atomic mass is 35.5. The summed E-state index contributed by atoms with van der Waals surface area (Å²) in [6, 6.07) is 14.6. The van der Waals surface area contributed by atoms with Crippen LogP contribution in [0.1, 0.15) is 21.7 Å². The summed E-state index contributed by atoms with van der Waals surface area (Å²) in [7, 11) is 0. The van der Waals surface area contributed by atoms with Crippen LogP contribution in [-0.4, -0.2) is 22.0 Å². The minimum Gasteiger partial charge on any atom is -0.457 e. The van der Waals surface area contributed by atoms with Gasteiger partial charge in [-0.15, -0.1) is 0 Å². The number of halogens is 2. The van der Waals surface area contributed by atoms with Crippen molar-refractivity contribution >= 4 is 58.2 Å². The van der Waals surface area contributed by atoms with Crippen molar-refractivity contribution in [3.8, 4) is 5.75 Å². The Labute approximate surface area is 191 Å². The summed E-state index contributed by atoms with van der Waals surface area (Å²) in [5, 5.41) is 0.329. The molecule has 0 spiro atoms. The Kier molecular flexibility index (Phi) is 6.18. The van der Waals surface area contributed by atoms with Crippen LogP contribution in [0.15, 0.2) is 70.2 Å². The molecule has 1 aromatic heterocycles. The van der Waals surface area contributed by atoms with Crippen LogP contribution in [0.5, 0.6) is 5.75 Å². The van der Waals surface area contributed by atoms with Gasteiger partial charge in [-0.25, -0.2) is 4.79 Å². The van der Waals surface area contributed by atoms with Crippen molar-refractivity contribution in [2.75, 3.05) is 0 Å². The lowest BCUT2D eigenvalue weighted by molar-refractivity contribution is -0.123. The van der Waals surface area contributed by atoms with Gasteiger partial charge in [0.05, 0.1) is 17.7 Å². The topological polar surface area (TPSA) is 76.8 Å². The SMILES string of the molecule is O=C(Oc1cccc(/C=C2\SC(=O)N(Cc3c(Cl)cccc3Cl)C2=O)c1)c1ccco1. The molecular weight excluding hydrogens is 461 g/mol. The first-order valence-corrected chi connectivity index (χ1v) is 10.5. The van der Waals surface area contributed by atoms with Gasteiger partial charge in [0.15, 0.2) is 0 Å². The Hall–Kier alpha value is -3.00. The van der Waals surface area contributed by atoms with Crippen molar-refractivity contribution in [1.29, 1.82) is 0 Å². The average Bonchev–Trinajstić information content (AvgIpc) is 3.35. The molecule has 0 unspecified atom stereocenters. The van der Waals surface area contributed by atoms with Crippen LogP contribution in [0, 0.1) is 0 Å². The van der Waals surface area contributed by atoms with Gasteiger partial charge in [0.2, 0.25) is 5.76 Å². The predicted octanol–water partition coefficient (Wildman–Crippen LogP) is 6.04. The number of carbonyl (C=O) groups excluding carboxylic acids is 3. The number of carbonyl (C=O) groups is 3. The molecule has 1 fully saturated rings. The number of amides is 2. The second kappa shape index (κ2) is 9.01. The molecule has 0 saturated carbocycles. The van der Waals surface area contributed by atoms with Gasteiger partial charge in [-0.2, -0.15) is 0 Å². The molecule has 9 heteroatoms. The Morgan fingerprint density at radius 1 is 1.06 bits per heavy atom. The van der Waals surface area contributed by atoms with E-state index in [-0.39, 0.29) is 23.0 Å². The van der Waals surface area contributed by atoms with Gasteiger partial charge < -0.3 is 9.15 Å². The maximum atomic E-state index is 12.8. The van der Waals surface area contributed by atoms with E-state index < -0.39 is 17.1 Å². The number of benzene rings is 2. The average molecular weight is 474 g/mol. The van der Waals surface area contributed by atoms with Gasteiger partial charge in [0.25, 0.3) is 11.1 Å². The van der Waals surface area contributed by atoms with Crippen molar-refractivity contribution in [2.45, 2.75) is 6.54 Å². The normalized spacial score (nSPS) is 15.0. The molecule has 0 aliphatic carbocycles. The van der Waals surface area contributed by atoms with Gasteiger partial charge >= 0.3 is 5.97 Å². The molecule has 0 bridgehead atoms. The highest BCUT2D eigenvalue weighted by Gasteiger charge is 2.35. The third-order valence-electron chi connectivity index (χ3n) is 4.34. The molecule has 6 nitrogen and oxygen atoms in total. The third kappa shape index (κ3) is 4.69. The van der Waals surface area contributed by atoms with E-state index in [2.05, 4.69) is 0 Å². The first-order chi connectivity index (χ1) is 14.9. The first kappa shape index (κ1) is 21.2. The summed E-state index contributed by atoms with van der Waals surface area (Å²) in [6.45, 7) is -0.0265. The van der Waals surface area contributed by atoms with E-state index in [1.54, 1.807) is 54.6 Å². The summed E-state index contributed by atoms with van der Waals surface area (Å²) in [5.74, 6) is -0.745. The fraction of sp³-hybridized carbons (Fsp3) is 0.0455. The van der Waals surface area contributed by atoms with Crippen LogP contribution < -0.4 is 4.74 Å². The Morgan fingerprint density at radius 2 is 1.81 bits per heavy atom. The molecule has 2 aromatic carbocycles. The van der Waals surface area contributed by atoms with Crippen LogP contribution in [0.4, 0.5) is 4.79 Å². The number of furan rings is 1. The predicted molar refractivity (Wildman–Crippen MR) is 118 cm³/mol. The van der Waals surface area contributed by atoms with Crippen molar-refractivity contribution in [1.82, 2.24) is 4.90 Å². The van der Waals surface area contributed by atoms with Gasteiger partial charge in [0, 0.05) is 15.6 Å². The fourth-order valence-electron chi connectivity index (χ4n) is 2.85. The van der Waals surface area contributed by atoms with Crippen molar-refractivity contribution in [3.63, 3.8) is 0 Å². The number of rotatable bonds is 5. The van der Waals surface area contributed by atoms with Crippen molar-refractivity contribution < 1.29 is 23.5 Å². The number of thioether (sulfide) groups is 1. The molecular formula is C22H13Cl2NO5S. The standard InChI is InChI=1S/C22H13Cl2NO5S/c23-16-6-2-7-17(24)15(16)12-25-20(26)19(31-22(25)28)11-13-4-1-5-14(10-13)30-21(27)18-8-3-9-29-18/h1-11H,12H2/b19-11-. The minimum absolute atomic E-state index is 0.0265. The van der Waals surface area contributed by atoms with Gasteiger partial charge in [-0.05, 0) is 59.8 Å². The molecule has 156 valence electrons. The number of ether oxygens (including phenoxy) is 1. The van der Waals surface area contributed by atoms with Crippen LogP contribution in [0.3, 0.4) is 0 Å². The monoisotopic (exact) mass is 473 g/mol. The largest absolute Gasteiger partial charge is 0.457 e. The highest BCUT2D eigenvalue weighted by Crippen LogP contribution is 2.35. The first-order valence-electron chi connectivity index (χ1n) is 8.96. The van der Waals surface area contributed by atoms with E-state index >= 15 is 0 Å². The highest BCUT2D eigenvalue weighted by molar-refractivity contribution is 8.18. The van der Waals surface area contributed by atoms with E-state index in [0.29, 0.717) is 21.2 Å². The van der Waals surface area contributed by atoms with Crippen LogP contribution in [0.25, 0.3) is 6.08 Å². The van der Waals surface area contributed by atoms with Gasteiger partial charge in [-0.1, -0.05) is 41.4 Å². The van der Waals surface area contributed by atoms with Crippen LogP contribution in [-0.2, 0) is 11.3 Å². The molecule has 1 saturated heterocycles. The molecule has 3 aromatic rings. The zero-order chi connectivity index (χ0) is 22.0. The van der Waals surface area contributed by atoms with Crippen LogP contribution >= 0.6 is 35.0 Å². The Bertz CT molecular complexity index is 1190. The molecule has 0 radical (unpaired) electrons. The lowest BCUT2D eigenvalue weighted by Gasteiger charge is -2.14. The van der Waals surface area contributed by atoms with Gasteiger partial charge in [-0.3, -0.25) is 14.5 Å². The van der Waals surface area contributed by atoms with E-state index in [4.69, 9.17) is 32.4 Å². The number of imide groups is 1. The zero-order valence-corrected chi connectivity index (χ0v) is 18.0. The summed E-state index contributed by atoms with van der Waals surface area (Å²) >= 11 is 13.1. The van der Waals surface area contributed by atoms with Crippen molar-refractivity contribution in [3.05, 3.63) is 92.7 Å². The molecule has 2 heterocycles. The number of hydrogen-bond acceptors (Lipinski definition) is 6. The molecule has 1 aliphatic rings. The van der Waals surface area contributed by atoms with E-state index in [1.165, 1.54) is 12.3 Å². The Morgan fingerprint density at radius 3 is 2.52 bits per heavy atom. The summed E-state index contributed by atoms with van der Waals surface area (Å²) in [4.78, 5) is 38.6. The van der Waals surface area contributed by atoms with Gasteiger partial charge in [0.1, 0.15) is 5.75 Å². The molecule has 0 N–H and O–H groups in total. The summed E-state index contributed by atoms with van der Waals surface area (Å²) in [6.07, 6.45) is 2.93. The molecule has 0 atom stereocenters. The van der Waals surface area contributed by atoms with Crippen LogP contribution in [0.2, 0.25) is 10.0 Å². The third-order valence-corrected chi connectivity index (χ3v) is 5.96. The zero-order valence-electron chi connectivity index (χ0n) is 15.7. The summed E-state index contributed by atoms with van der Waals surface area (Å²) < 4.78 is 10.3. The molecule has 2 amide bonds. The second-order valence-corrected chi connectivity index (χ2v) is 8.21. The second-order valence-electron chi connectivity index (χ2n) is 6.41. The van der Waals surface area contributed by atoms with E-state index in [1.807, 2.05) is 0 Å². The number of nitrogens with zero attached hydrogens (tertiary/aromatic N) is 1.